The minimum absolute atomic E-state index is 0.0772. The summed E-state index contributed by atoms with van der Waals surface area (Å²) in [7, 11) is 2.25. The maximum absolute atomic E-state index is 8.69. The number of benzene rings is 1. The molecule has 1 N–H and O–H groups in total. The van der Waals surface area contributed by atoms with E-state index in [-0.39, 0.29) is 6.61 Å². The largest absolute Gasteiger partial charge is 0.384 e. The van der Waals surface area contributed by atoms with Crippen LogP contribution in [0, 0.1) is 11.8 Å². The van der Waals surface area contributed by atoms with E-state index in [1.54, 1.807) is 0 Å². The highest BCUT2D eigenvalue weighted by atomic mass is 16.2. The van der Waals surface area contributed by atoms with Crippen molar-refractivity contribution in [3.8, 4) is 11.8 Å². The number of nitrogens with zero attached hydrogens (tertiary/aromatic N) is 1. The van der Waals surface area contributed by atoms with Crippen LogP contribution in [0.25, 0.3) is 0 Å². The fourth-order valence-corrected chi connectivity index (χ4v) is 2.95. The standard InChI is InChI=1S/C18H25NO/c1-19(18-8-4-2-3-5-9-18)15-17-12-10-16(11-13-17)7-6-14-20/h10-13,18,20H,2-5,8-9,14-15H2,1H3. The molecule has 0 unspecified atom stereocenters. The molecule has 2 nitrogen and oxygen atoms in total. The van der Waals surface area contributed by atoms with Crippen molar-refractivity contribution in [2.45, 2.75) is 51.1 Å². The van der Waals surface area contributed by atoms with E-state index in [1.807, 2.05) is 12.1 Å². The third kappa shape index (κ3) is 4.67. The van der Waals surface area contributed by atoms with Crippen molar-refractivity contribution in [3.63, 3.8) is 0 Å². The number of aliphatic hydroxyl groups is 1. The van der Waals surface area contributed by atoms with Gasteiger partial charge in [-0.3, -0.25) is 4.90 Å². The van der Waals surface area contributed by atoms with Gasteiger partial charge in [0.1, 0.15) is 6.61 Å². The molecule has 0 spiro atoms. The van der Waals surface area contributed by atoms with Crippen molar-refractivity contribution >= 4 is 0 Å². The van der Waals surface area contributed by atoms with Gasteiger partial charge in [-0.25, -0.2) is 0 Å². The zero-order chi connectivity index (χ0) is 14.2. The molecule has 0 atom stereocenters. The minimum Gasteiger partial charge on any atom is -0.384 e. The van der Waals surface area contributed by atoms with E-state index in [0.717, 1.165) is 18.2 Å². The molecule has 0 saturated heterocycles. The third-order valence-corrected chi connectivity index (χ3v) is 4.15. The normalized spacial score (nSPS) is 16.6. The maximum atomic E-state index is 8.69. The lowest BCUT2D eigenvalue weighted by atomic mass is 10.1. The molecule has 1 aromatic rings. The summed E-state index contributed by atoms with van der Waals surface area (Å²) >= 11 is 0. The number of hydrogen-bond acceptors (Lipinski definition) is 2. The van der Waals surface area contributed by atoms with Crippen molar-refractivity contribution in [2.75, 3.05) is 13.7 Å². The second kappa shape index (κ2) is 8.09. The number of hydrogen-bond donors (Lipinski definition) is 1. The van der Waals surface area contributed by atoms with Crippen molar-refractivity contribution < 1.29 is 5.11 Å². The lowest BCUT2D eigenvalue weighted by Gasteiger charge is -2.27. The Morgan fingerprint density at radius 1 is 1.10 bits per heavy atom. The molecular weight excluding hydrogens is 246 g/mol. The Bertz CT molecular complexity index is 447. The Labute approximate surface area is 122 Å². The zero-order valence-corrected chi connectivity index (χ0v) is 12.4. The van der Waals surface area contributed by atoms with Crippen LogP contribution >= 0.6 is 0 Å². The van der Waals surface area contributed by atoms with E-state index in [9.17, 15) is 0 Å². The summed E-state index contributed by atoms with van der Waals surface area (Å²) in [4.78, 5) is 2.50. The Morgan fingerprint density at radius 2 is 1.75 bits per heavy atom. The molecule has 1 aromatic carbocycles. The Morgan fingerprint density at radius 3 is 2.35 bits per heavy atom. The zero-order valence-electron chi connectivity index (χ0n) is 12.4. The molecule has 108 valence electrons. The quantitative estimate of drug-likeness (QED) is 0.674. The van der Waals surface area contributed by atoms with Gasteiger partial charge in [0.2, 0.25) is 0 Å². The Kier molecular flexibility index (Phi) is 6.11. The van der Waals surface area contributed by atoms with Gasteiger partial charge in [0, 0.05) is 18.2 Å². The first-order valence-electron chi connectivity index (χ1n) is 7.68. The summed E-state index contributed by atoms with van der Waals surface area (Å²) in [5, 5.41) is 8.69. The van der Waals surface area contributed by atoms with Gasteiger partial charge in [-0.05, 0) is 37.6 Å². The number of rotatable bonds is 3. The third-order valence-electron chi connectivity index (χ3n) is 4.15. The summed E-state index contributed by atoms with van der Waals surface area (Å²) in [6.45, 7) is 0.935. The molecule has 0 heterocycles. The van der Waals surface area contributed by atoms with Crippen LogP contribution in [0.2, 0.25) is 0 Å². The Balaban J connectivity index is 1.91. The van der Waals surface area contributed by atoms with Crippen molar-refractivity contribution in [1.29, 1.82) is 0 Å². The fraction of sp³-hybridized carbons (Fsp3) is 0.556. The molecule has 1 aliphatic carbocycles. The lowest BCUT2D eigenvalue weighted by Crippen LogP contribution is -2.30. The van der Waals surface area contributed by atoms with Crippen LogP contribution in [-0.2, 0) is 6.54 Å². The molecule has 1 fully saturated rings. The van der Waals surface area contributed by atoms with Gasteiger partial charge < -0.3 is 5.11 Å². The van der Waals surface area contributed by atoms with Crippen LogP contribution in [0.5, 0.6) is 0 Å². The maximum Gasteiger partial charge on any atom is 0.104 e. The summed E-state index contributed by atoms with van der Waals surface area (Å²) in [5.74, 6) is 5.61. The predicted molar refractivity (Wildman–Crippen MR) is 83.4 cm³/mol. The minimum atomic E-state index is -0.0772. The summed E-state index contributed by atoms with van der Waals surface area (Å²) in [6.07, 6.45) is 8.26. The van der Waals surface area contributed by atoms with Gasteiger partial charge in [-0.15, -0.1) is 0 Å². The van der Waals surface area contributed by atoms with E-state index in [1.165, 1.54) is 44.1 Å². The highest BCUT2D eigenvalue weighted by molar-refractivity contribution is 5.36. The monoisotopic (exact) mass is 271 g/mol. The van der Waals surface area contributed by atoms with Crippen LogP contribution in [0.4, 0.5) is 0 Å². The molecule has 0 bridgehead atoms. The smallest absolute Gasteiger partial charge is 0.104 e. The van der Waals surface area contributed by atoms with Crippen molar-refractivity contribution in [1.82, 2.24) is 4.90 Å². The van der Waals surface area contributed by atoms with Crippen LogP contribution in [0.3, 0.4) is 0 Å². The lowest BCUT2D eigenvalue weighted by molar-refractivity contribution is 0.213. The molecule has 0 amide bonds. The first-order valence-corrected chi connectivity index (χ1v) is 7.68. The van der Waals surface area contributed by atoms with Gasteiger partial charge in [0.25, 0.3) is 0 Å². The Hall–Kier alpha value is -1.30. The summed E-state index contributed by atoms with van der Waals surface area (Å²) in [5.41, 5.74) is 2.31. The SMILES string of the molecule is CN(Cc1ccc(C#CCO)cc1)C1CCCCCC1. The summed E-state index contributed by atoms with van der Waals surface area (Å²) in [6, 6.07) is 9.12. The van der Waals surface area contributed by atoms with E-state index >= 15 is 0 Å². The average molecular weight is 271 g/mol. The second-order valence-corrected chi connectivity index (χ2v) is 5.72. The van der Waals surface area contributed by atoms with E-state index in [0.29, 0.717) is 0 Å². The molecule has 1 saturated carbocycles. The number of aliphatic hydroxyl groups excluding tert-OH is 1. The molecular formula is C18H25NO. The summed E-state index contributed by atoms with van der Waals surface area (Å²) < 4.78 is 0. The van der Waals surface area contributed by atoms with E-state index in [2.05, 4.69) is 35.9 Å². The molecule has 2 rings (SSSR count). The topological polar surface area (TPSA) is 23.5 Å². The van der Waals surface area contributed by atoms with Crippen LogP contribution < -0.4 is 0 Å². The molecule has 0 aromatic heterocycles. The first-order chi connectivity index (χ1) is 9.79. The predicted octanol–water partition coefficient (Wildman–Crippen LogP) is 3.19. The van der Waals surface area contributed by atoms with Gasteiger partial charge in [-0.1, -0.05) is 49.7 Å². The van der Waals surface area contributed by atoms with E-state index in [4.69, 9.17) is 5.11 Å². The van der Waals surface area contributed by atoms with Crippen molar-refractivity contribution in [3.05, 3.63) is 35.4 Å². The molecule has 1 aliphatic rings. The molecule has 2 heteroatoms. The van der Waals surface area contributed by atoms with Gasteiger partial charge >= 0.3 is 0 Å². The second-order valence-electron chi connectivity index (χ2n) is 5.72. The molecule has 20 heavy (non-hydrogen) atoms. The van der Waals surface area contributed by atoms with Gasteiger partial charge in [0.15, 0.2) is 0 Å². The van der Waals surface area contributed by atoms with Gasteiger partial charge in [-0.2, -0.15) is 0 Å². The first kappa shape index (κ1) is 15.1. The van der Waals surface area contributed by atoms with E-state index < -0.39 is 0 Å². The van der Waals surface area contributed by atoms with Crippen molar-refractivity contribution in [2.24, 2.45) is 0 Å². The van der Waals surface area contributed by atoms with Crippen LogP contribution in [-0.4, -0.2) is 29.7 Å². The highest BCUT2D eigenvalue weighted by Crippen LogP contribution is 2.22. The van der Waals surface area contributed by atoms with Crippen LogP contribution in [0.1, 0.15) is 49.7 Å². The highest BCUT2D eigenvalue weighted by Gasteiger charge is 2.16. The fourth-order valence-electron chi connectivity index (χ4n) is 2.95. The average Bonchev–Trinajstić information content (AvgIpc) is 2.75. The van der Waals surface area contributed by atoms with Gasteiger partial charge in [0.05, 0.1) is 0 Å². The molecule has 0 radical (unpaired) electrons. The van der Waals surface area contributed by atoms with Crippen LogP contribution in [0.15, 0.2) is 24.3 Å². The molecule has 0 aliphatic heterocycles.